The lowest BCUT2D eigenvalue weighted by molar-refractivity contribution is -0.161. The third-order valence-electron chi connectivity index (χ3n) is 6.64. The molecule has 0 bridgehead atoms. The zero-order valence-electron chi connectivity index (χ0n) is 14.7. The second-order valence-corrected chi connectivity index (χ2v) is 7.99. The van der Waals surface area contributed by atoms with E-state index in [-0.39, 0.29) is 23.7 Å². The van der Waals surface area contributed by atoms with E-state index in [1.54, 1.807) is 12.1 Å². The van der Waals surface area contributed by atoms with Crippen LogP contribution in [-0.2, 0) is 25.6 Å². The Morgan fingerprint density at radius 3 is 2.52 bits per heavy atom. The zero-order valence-corrected chi connectivity index (χ0v) is 14.7. The summed E-state index contributed by atoms with van der Waals surface area (Å²) in [5, 5.41) is 10.1. The first kappa shape index (κ1) is 17.6. The van der Waals surface area contributed by atoms with Crippen molar-refractivity contribution < 1.29 is 29.1 Å². The topological polar surface area (TPSA) is 132 Å². The lowest BCUT2D eigenvalue weighted by Gasteiger charge is -2.49. The average molecular weight is 369 g/mol. The van der Waals surface area contributed by atoms with Gasteiger partial charge in [0.05, 0.1) is 16.9 Å². The highest BCUT2D eigenvalue weighted by atomic mass is 16.3. The van der Waals surface area contributed by atoms with Gasteiger partial charge >= 0.3 is 0 Å². The molecular formula is C20H19NO6. The molecule has 3 aliphatic rings. The van der Waals surface area contributed by atoms with Crippen LogP contribution in [0.4, 0.5) is 0 Å². The third kappa shape index (κ3) is 2.17. The van der Waals surface area contributed by atoms with Crippen LogP contribution >= 0.6 is 0 Å². The number of Topliss-reactive ketones (excluding diaryl/α,β-unsaturated/α-hetero) is 4. The number of benzene rings is 1. The number of ketones is 4. The predicted molar refractivity (Wildman–Crippen MR) is 91.7 cm³/mol. The van der Waals surface area contributed by atoms with Crippen molar-refractivity contribution in [2.75, 3.05) is 0 Å². The van der Waals surface area contributed by atoms with Crippen LogP contribution in [0.3, 0.4) is 0 Å². The molecule has 3 N–H and O–H groups in total. The van der Waals surface area contributed by atoms with E-state index in [2.05, 4.69) is 0 Å². The Hall–Kier alpha value is -2.83. The van der Waals surface area contributed by atoms with Crippen LogP contribution in [0, 0.1) is 29.1 Å². The standard InChI is InChI=1S/C20H19NO6/c1-20-10(7-12(23)15(18(20)26)19(21)27)6-9-5-8-3-2-4-11(22)13(8)16(24)14(9)17(20)25/h2-4,9-10,14-15,22H,5-7H2,1H3,(H2,21,27). The number of phenolic OH excluding ortho intramolecular Hbond substituents is 1. The Morgan fingerprint density at radius 1 is 1.15 bits per heavy atom. The molecule has 7 nitrogen and oxygen atoms in total. The van der Waals surface area contributed by atoms with Crippen molar-refractivity contribution in [2.45, 2.75) is 26.2 Å². The van der Waals surface area contributed by atoms with Crippen molar-refractivity contribution in [3.63, 3.8) is 0 Å². The molecule has 1 amide bonds. The van der Waals surface area contributed by atoms with Crippen LogP contribution in [0.15, 0.2) is 18.2 Å². The monoisotopic (exact) mass is 369 g/mol. The number of fused-ring (bicyclic) bond motifs is 3. The summed E-state index contributed by atoms with van der Waals surface area (Å²) in [5.41, 5.74) is 4.43. The molecule has 3 aliphatic carbocycles. The van der Waals surface area contributed by atoms with Gasteiger partial charge in [-0.15, -0.1) is 0 Å². The van der Waals surface area contributed by atoms with Crippen LogP contribution in [0.5, 0.6) is 5.75 Å². The third-order valence-corrected chi connectivity index (χ3v) is 6.64. The maximum atomic E-state index is 13.3. The SMILES string of the molecule is CC12C(=O)C(C(N)=O)C(=O)CC1CC1Cc3cccc(O)c3C(=O)C1C2=O. The van der Waals surface area contributed by atoms with Gasteiger partial charge in [0.1, 0.15) is 5.75 Å². The van der Waals surface area contributed by atoms with E-state index in [1.165, 1.54) is 13.0 Å². The van der Waals surface area contributed by atoms with E-state index in [0.29, 0.717) is 18.4 Å². The molecule has 1 aromatic carbocycles. The molecule has 2 fully saturated rings. The lowest BCUT2D eigenvalue weighted by atomic mass is 9.49. The van der Waals surface area contributed by atoms with Crippen LogP contribution in [0.1, 0.15) is 35.7 Å². The highest BCUT2D eigenvalue weighted by Gasteiger charge is 2.63. The molecule has 0 saturated heterocycles. The maximum absolute atomic E-state index is 13.3. The van der Waals surface area contributed by atoms with E-state index in [4.69, 9.17) is 5.73 Å². The van der Waals surface area contributed by atoms with Crippen LogP contribution < -0.4 is 5.73 Å². The molecule has 0 aromatic heterocycles. The summed E-state index contributed by atoms with van der Waals surface area (Å²) in [6.07, 6.45) is 0.697. The number of carbonyl (C=O) groups is 5. The van der Waals surface area contributed by atoms with E-state index in [0.717, 1.165) is 0 Å². The van der Waals surface area contributed by atoms with E-state index in [1.807, 2.05) is 0 Å². The number of phenols is 1. The van der Waals surface area contributed by atoms with Gasteiger partial charge in [-0.2, -0.15) is 0 Å². The predicted octanol–water partition coefficient (Wildman–Crippen LogP) is 0.602. The summed E-state index contributed by atoms with van der Waals surface area (Å²) in [6.45, 7) is 1.43. The van der Waals surface area contributed by atoms with Crippen molar-refractivity contribution in [1.29, 1.82) is 0 Å². The highest BCUT2D eigenvalue weighted by molar-refractivity contribution is 6.29. The second-order valence-electron chi connectivity index (χ2n) is 7.99. The molecular weight excluding hydrogens is 350 g/mol. The van der Waals surface area contributed by atoms with E-state index >= 15 is 0 Å². The van der Waals surface area contributed by atoms with Crippen molar-refractivity contribution in [3.8, 4) is 5.75 Å². The number of carbonyl (C=O) groups excluding carboxylic acids is 5. The summed E-state index contributed by atoms with van der Waals surface area (Å²) in [7, 11) is 0. The Labute approximate surface area is 154 Å². The second kappa shape index (κ2) is 5.58. The molecule has 5 unspecified atom stereocenters. The van der Waals surface area contributed by atoms with Crippen molar-refractivity contribution in [3.05, 3.63) is 29.3 Å². The van der Waals surface area contributed by atoms with Gasteiger partial charge in [-0.3, -0.25) is 24.0 Å². The quantitative estimate of drug-likeness (QED) is 0.697. The molecule has 4 rings (SSSR count). The van der Waals surface area contributed by atoms with Crippen molar-refractivity contribution in [2.24, 2.45) is 34.8 Å². The lowest BCUT2D eigenvalue weighted by Crippen LogP contribution is -2.62. The van der Waals surface area contributed by atoms with Gasteiger partial charge < -0.3 is 10.8 Å². The number of aromatic hydroxyl groups is 1. The summed E-state index contributed by atoms with van der Waals surface area (Å²) in [4.78, 5) is 63.2. The molecule has 0 radical (unpaired) electrons. The minimum Gasteiger partial charge on any atom is -0.507 e. The molecule has 7 heteroatoms. The molecule has 140 valence electrons. The molecule has 0 spiro atoms. The first-order chi connectivity index (χ1) is 12.7. The fraction of sp³-hybridized carbons (Fsp3) is 0.450. The summed E-state index contributed by atoms with van der Waals surface area (Å²) in [6, 6.07) is 4.77. The van der Waals surface area contributed by atoms with Gasteiger partial charge in [-0.1, -0.05) is 12.1 Å². The fourth-order valence-corrected chi connectivity index (χ4v) is 5.19. The van der Waals surface area contributed by atoms with Crippen molar-refractivity contribution in [1.82, 2.24) is 0 Å². The molecule has 5 atom stereocenters. The number of nitrogens with two attached hydrogens (primary N) is 1. The number of primary amides is 1. The summed E-state index contributed by atoms with van der Waals surface area (Å²) in [5.74, 6) is -7.22. The smallest absolute Gasteiger partial charge is 0.235 e. The molecule has 27 heavy (non-hydrogen) atoms. The van der Waals surface area contributed by atoms with E-state index < -0.39 is 52.2 Å². The van der Waals surface area contributed by atoms with E-state index in [9.17, 15) is 29.1 Å². The van der Waals surface area contributed by atoms with Gasteiger partial charge in [0.2, 0.25) is 5.91 Å². The molecule has 1 aromatic rings. The first-order valence-corrected chi connectivity index (χ1v) is 8.93. The Kier molecular flexibility index (Phi) is 3.63. The Morgan fingerprint density at radius 2 is 1.85 bits per heavy atom. The highest BCUT2D eigenvalue weighted by Crippen LogP contribution is 2.53. The van der Waals surface area contributed by atoms with Gasteiger partial charge in [-0.05, 0) is 43.2 Å². The number of hydrogen-bond acceptors (Lipinski definition) is 6. The maximum Gasteiger partial charge on any atom is 0.235 e. The zero-order chi connectivity index (χ0) is 19.7. The average Bonchev–Trinajstić information content (AvgIpc) is 2.57. The van der Waals surface area contributed by atoms with Gasteiger partial charge in [-0.25, -0.2) is 0 Å². The van der Waals surface area contributed by atoms with Crippen molar-refractivity contribution >= 4 is 29.0 Å². The number of rotatable bonds is 1. The summed E-state index contributed by atoms with van der Waals surface area (Å²) >= 11 is 0. The fourth-order valence-electron chi connectivity index (χ4n) is 5.19. The van der Waals surface area contributed by atoms with Crippen LogP contribution in [0.2, 0.25) is 0 Å². The minimum atomic E-state index is -1.63. The summed E-state index contributed by atoms with van der Waals surface area (Å²) < 4.78 is 0. The van der Waals surface area contributed by atoms with Gasteiger partial charge in [0.25, 0.3) is 0 Å². The van der Waals surface area contributed by atoms with Crippen LogP contribution in [-0.4, -0.2) is 34.1 Å². The number of hydrogen-bond donors (Lipinski definition) is 2. The number of amides is 1. The normalized spacial score (nSPS) is 35.3. The molecule has 0 heterocycles. The largest absolute Gasteiger partial charge is 0.507 e. The Bertz CT molecular complexity index is 934. The van der Waals surface area contributed by atoms with Gasteiger partial charge in [0.15, 0.2) is 29.1 Å². The van der Waals surface area contributed by atoms with Gasteiger partial charge in [0, 0.05) is 6.42 Å². The first-order valence-electron chi connectivity index (χ1n) is 8.93. The minimum absolute atomic E-state index is 0.0775. The molecule has 2 saturated carbocycles. The Balaban J connectivity index is 1.81. The van der Waals surface area contributed by atoms with Crippen LogP contribution in [0.25, 0.3) is 0 Å². The molecule has 0 aliphatic heterocycles.